The zero-order valence-electron chi connectivity index (χ0n) is 14.6. The van der Waals surface area contributed by atoms with Gasteiger partial charge in [0.25, 0.3) is 0 Å². The van der Waals surface area contributed by atoms with Crippen molar-refractivity contribution in [2.24, 2.45) is 11.3 Å². The molecule has 1 aromatic rings. The molecule has 4 atom stereocenters. The van der Waals surface area contributed by atoms with Crippen LogP contribution in [-0.2, 0) is 16.1 Å². The largest absolute Gasteiger partial charge is 0.374 e. The molecule has 3 heteroatoms. The molecule has 1 aliphatic carbocycles. The fraction of sp³-hybridized carbons (Fsp3) is 0.684. The van der Waals surface area contributed by atoms with E-state index in [1.54, 1.807) is 0 Å². The summed E-state index contributed by atoms with van der Waals surface area (Å²) in [6, 6.07) is 10.5. The van der Waals surface area contributed by atoms with Gasteiger partial charge in [0.1, 0.15) is 5.60 Å². The molecule has 1 unspecified atom stereocenters. The summed E-state index contributed by atoms with van der Waals surface area (Å²) >= 11 is 0. The molecule has 1 saturated carbocycles. The summed E-state index contributed by atoms with van der Waals surface area (Å²) < 4.78 is 5.98. The van der Waals surface area contributed by atoms with Gasteiger partial charge in [0.15, 0.2) is 5.72 Å². The first-order valence-corrected chi connectivity index (χ1v) is 8.37. The molecule has 122 valence electrons. The molecule has 1 spiro atoms. The van der Waals surface area contributed by atoms with E-state index < -0.39 is 0 Å². The van der Waals surface area contributed by atoms with Gasteiger partial charge in [0, 0.05) is 7.11 Å². The standard InChI is InChI=1S/C19H29NO2/c1-17(2,3)16-11-12-19(18(4,13-16)21-5)20(22-19)14-15-9-7-6-8-10-15/h6-10,16H,11-14H2,1-5H3/t16-,18-,19-,20?/m1/s1. The van der Waals surface area contributed by atoms with Crippen LogP contribution in [0.3, 0.4) is 0 Å². The third-order valence-electron chi connectivity index (χ3n) is 5.77. The van der Waals surface area contributed by atoms with Crippen molar-refractivity contribution >= 4 is 0 Å². The molecule has 1 aliphatic heterocycles. The van der Waals surface area contributed by atoms with E-state index in [0.29, 0.717) is 11.3 Å². The summed E-state index contributed by atoms with van der Waals surface area (Å²) in [5.74, 6) is 0.672. The zero-order valence-corrected chi connectivity index (χ0v) is 14.6. The highest BCUT2D eigenvalue weighted by Gasteiger charge is 2.69. The van der Waals surface area contributed by atoms with Crippen LogP contribution in [0.15, 0.2) is 30.3 Å². The van der Waals surface area contributed by atoms with Crippen molar-refractivity contribution in [2.75, 3.05) is 7.11 Å². The molecule has 2 fully saturated rings. The van der Waals surface area contributed by atoms with Crippen molar-refractivity contribution < 1.29 is 9.57 Å². The monoisotopic (exact) mass is 303 g/mol. The molecule has 0 radical (unpaired) electrons. The van der Waals surface area contributed by atoms with E-state index in [4.69, 9.17) is 9.57 Å². The number of benzene rings is 1. The first kappa shape index (κ1) is 16.0. The third kappa shape index (κ3) is 2.60. The van der Waals surface area contributed by atoms with Gasteiger partial charge in [0.05, 0.1) is 6.54 Å². The van der Waals surface area contributed by atoms with Crippen molar-refractivity contribution in [3.8, 4) is 0 Å². The third-order valence-corrected chi connectivity index (χ3v) is 5.77. The molecule has 0 N–H and O–H groups in total. The number of hydroxylamine groups is 2. The topological polar surface area (TPSA) is 24.8 Å². The highest BCUT2D eigenvalue weighted by Crippen LogP contribution is 2.58. The van der Waals surface area contributed by atoms with Gasteiger partial charge >= 0.3 is 0 Å². The van der Waals surface area contributed by atoms with Gasteiger partial charge in [-0.3, -0.25) is 4.84 Å². The van der Waals surface area contributed by atoms with Gasteiger partial charge in [-0.25, -0.2) is 0 Å². The fourth-order valence-electron chi connectivity index (χ4n) is 3.95. The molecule has 1 heterocycles. The minimum atomic E-state index is -0.238. The zero-order chi connectivity index (χ0) is 16.0. The van der Waals surface area contributed by atoms with E-state index in [1.807, 2.05) is 7.11 Å². The molecule has 3 rings (SSSR count). The number of methoxy groups -OCH3 is 1. The van der Waals surface area contributed by atoms with Crippen molar-refractivity contribution in [3.05, 3.63) is 35.9 Å². The number of rotatable bonds is 3. The maximum absolute atomic E-state index is 6.13. The highest BCUT2D eigenvalue weighted by atomic mass is 16.9. The van der Waals surface area contributed by atoms with Crippen LogP contribution in [0.2, 0.25) is 0 Å². The van der Waals surface area contributed by atoms with Crippen LogP contribution in [0.1, 0.15) is 52.5 Å². The van der Waals surface area contributed by atoms with Gasteiger partial charge in [0.2, 0.25) is 0 Å². The maximum Gasteiger partial charge on any atom is 0.193 e. The van der Waals surface area contributed by atoms with Gasteiger partial charge in [-0.1, -0.05) is 51.1 Å². The van der Waals surface area contributed by atoms with E-state index in [9.17, 15) is 0 Å². The van der Waals surface area contributed by atoms with Gasteiger partial charge in [-0.2, -0.15) is 0 Å². The van der Waals surface area contributed by atoms with E-state index in [0.717, 1.165) is 19.4 Å². The first-order valence-electron chi connectivity index (χ1n) is 8.37. The van der Waals surface area contributed by atoms with Crippen LogP contribution < -0.4 is 0 Å². The van der Waals surface area contributed by atoms with E-state index in [-0.39, 0.29) is 11.3 Å². The number of hydrogen-bond acceptors (Lipinski definition) is 3. The van der Waals surface area contributed by atoms with Crippen LogP contribution in [0.25, 0.3) is 0 Å². The lowest BCUT2D eigenvalue weighted by Crippen LogP contribution is -2.53. The lowest BCUT2D eigenvalue weighted by molar-refractivity contribution is -0.113. The van der Waals surface area contributed by atoms with E-state index in [1.165, 1.54) is 12.0 Å². The molecule has 0 bridgehead atoms. The quantitative estimate of drug-likeness (QED) is 0.775. The molecule has 22 heavy (non-hydrogen) atoms. The summed E-state index contributed by atoms with van der Waals surface area (Å²) in [5, 5.41) is 2.13. The number of nitrogens with zero attached hydrogens (tertiary/aromatic N) is 1. The highest BCUT2D eigenvalue weighted by molar-refractivity contribution is 5.17. The normalized spacial score (nSPS) is 38.2. The Bertz CT molecular complexity index is 524. The molecular formula is C19H29NO2. The predicted molar refractivity (Wildman–Crippen MR) is 88.0 cm³/mol. The summed E-state index contributed by atoms with van der Waals surface area (Å²) in [5.41, 5.74) is 1.13. The Morgan fingerprint density at radius 1 is 1.27 bits per heavy atom. The van der Waals surface area contributed by atoms with Gasteiger partial charge in [-0.05, 0) is 43.1 Å². The second kappa shape index (κ2) is 5.33. The van der Waals surface area contributed by atoms with Crippen LogP contribution in [0.5, 0.6) is 0 Å². The minimum Gasteiger partial charge on any atom is -0.374 e. The van der Waals surface area contributed by atoms with Gasteiger partial charge < -0.3 is 4.74 Å². The Hall–Kier alpha value is -0.900. The molecule has 1 saturated heterocycles. The van der Waals surface area contributed by atoms with Crippen LogP contribution in [0.4, 0.5) is 0 Å². The minimum absolute atomic E-state index is 0.237. The Kier molecular flexibility index (Phi) is 3.87. The first-order chi connectivity index (χ1) is 10.3. The lowest BCUT2D eigenvalue weighted by Gasteiger charge is -2.45. The van der Waals surface area contributed by atoms with Crippen LogP contribution >= 0.6 is 0 Å². The second-order valence-corrected chi connectivity index (χ2v) is 8.14. The average Bonchev–Trinajstić information content (AvgIpc) is 3.16. The summed E-state index contributed by atoms with van der Waals surface area (Å²) in [6.45, 7) is 10.1. The Balaban J connectivity index is 1.75. The molecule has 0 amide bonds. The molecule has 1 aromatic carbocycles. The molecule has 0 aromatic heterocycles. The molecule has 3 nitrogen and oxygen atoms in total. The number of ether oxygens (including phenoxy) is 1. The van der Waals surface area contributed by atoms with Crippen molar-refractivity contribution in [3.63, 3.8) is 0 Å². The fourth-order valence-corrected chi connectivity index (χ4v) is 3.95. The van der Waals surface area contributed by atoms with Gasteiger partial charge in [-0.15, -0.1) is 5.06 Å². The van der Waals surface area contributed by atoms with E-state index in [2.05, 4.69) is 63.1 Å². The molecule has 2 aliphatic rings. The Labute approximate surface area is 134 Å². The van der Waals surface area contributed by atoms with E-state index >= 15 is 0 Å². The Morgan fingerprint density at radius 2 is 1.95 bits per heavy atom. The summed E-state index contributed by atoms with van der Waals surface area (Å²) in [6.07, 6.45) is 3.30. The second-order valence-electron chi connectivity index (χ2n) is 8.14. The Morgan fingerprint density at radius 3 is 2.55 bits per heavy atom. The molecular weight excluding hydrogens is 274 g/mol. The van der Waals surface area contributed by atoms with Crippen molar-refractivity contribution in [1.29, 1.82) is 0 Å². The summed E-state index contributed by atoms with van der Waals surface area (Å²) in [7, 11) is 1.83. The van der Waals surface area contributed by atoms with Crippen molar-refractivity contribution in [1.82, 2.24) is 5.06 Å². The smallest absolute Gasteiger partial charge is 0.193 e. The average molecular weight is 303 g/mol. The number of hydrogen-bond donors (Lipinski definition) is 0. The van der Waals surface area contributed by atoms with Crippen molar-refractivity contribution in [2.45, 2.75) is 64.8 Å². The lowest BCUT2D eigenvalue weighted by atomic mass is 9.65. The SMILES string of the molecule is CO[C@]1(C)C[C@H](C(C)(C)C)CC[C@@]12ON2Cc1ccccc1. The van der Waals surface area contributed by atoms with Crippen LogP contribution in [0, 0.1) is 11.3 Å². The summed E-state index contributed by atoms with van der Waals surface area (Å²) in [4.78, 5) is 6.13. The predicted octanol–water partition coefficient (Wildman–Crippen LogP) is 4.38. The maximum atomic E-state index is 6.13. The van der Waals surface area contributed by atoms with Crippen LogP contribution in [-0.4, -0.2) is 23.5 Å².